The molecule has 0 radical (unpaired) electrons. The average Bonchev–Trinajstić information content (AvgIpc) is 2.32. The monoisotopic (exact) mass is 259 g/mol. The minimum absolute atomic E-state index is 0.0501. The lowest BCUT2D eigenvalue weighted by molar-refractivity contribution is 0.155. The Kier molecular flexibility index (Phi) is 6.18. The molecule has 0 amide bonds. The van der Waals surface area contributed by atoms with Gasteiger partial charge in [-0.1, -0.05) is 0 Å². The van der Waals surface area contributed by atoms with Gasteiger partial charge in [-0.15, -0.1) is 0 Å². The summed E-state index contributed by atoms with van der Waals surface area (Å²) in [4.78, 5) is 0. The molecule has 18 heavy (non-hydrogen) atoms. The van der Waals surface area contributed by atoms with Crippen LogP contribution >= 0.6 is 0 Å². The van der Waals surface area contributed by atoms with Crippen molar-refractivity contribution in [2.75, 3.05) is 20.3 Å². The van der Waals surface area contributed by atoms with E-state index in [2.05, 4.69) is 5.32 Å². The Morgan fingerprint density at radius 2 is 1.89 bits per heavy atom. The van der Waals surface area contributed by atoms with Gasteiger partial charge in [0.15, 0.2) is 0 Å². The second-order valence-electron chi connectivity index (χ2n) is 4.25. The van der Waals surface area contributed by atoms with Crippen molar-refractivity contribution < 1.29 is 18.6 Å². The summed E-state index contributed by atoms with van der Waals surface area (Å²) in [6.07, 6.45) is 0.634. The summed E-state index contributed by atoms with van der Waals surface area (Å²) < 4.78 is 31.1. The van der Waals surface area contributed by atoms with Crippen LogP contribution in [0.25, 0.3) is 0 Å². The summed E-state index contributed by atoms with van der Waals surface area (Å²) in [5.41, 5.74) is 0.517. The number of ether oxygens (including phenoxy) is 1. The molecule has 5 heteroatoms. The number of aliphatic hydroxyl groups excluding tert-OH is 1. The summed E-state index contributed by atoms with van der Waals surface area (Å²) in [6, 6.07) is 3.00. The van der Waals surface area contributed by atoms with E-state index in [-0.39, 0.29) is 18.7 Å². The van der Waals surface area contributed by atoms with Crippen LogP contribution in [-0.2, 0) is 4.74 Å². The van der Waals surface area contributed by atoms with Gasteiger partial charge in [0.05, 0.1) is 6.61 Å². The minimum Gasteiger partial charge on any atom is -0.395 e. The highest BCUT2D eigenvalue weighted by Gasteiger charge is 2.14. The van der Waals surface area contributed by atoms with Crippen LogP contribution in [0, 0.1) is 11.6 Å². The van der Waals surface area contributed by atoms with Crippen molar-refractivity contribution in [2.45, 2.75) is 25.4 Å². The maximum absolute atomic E-state index is 13.1. The van der Waals surface area contributed by atoms with Crippen LogP contribution in [0.5, 0.6) is 0 Å². The van der Waals surface area contributed by atoms with Gasteiger partial charge in [-0.3, -0.25) is 0 Å². The highest BCUT2D eigenvalue weighted by Crippen LogP contribution is 2.16. The summed E-state index contributed by atoms with van der Waals surface area (Å²) in [6.45, 7) is 2.26. The van der Waals surface area contributed by atoms with E-state index >= 15 is 0 Å². The highest BCUT2D eigenvalue weighted by atomic mass is 19.1. The molecule has 102 valence electrons. The molecule has 0 saturated carbocycles. The fourth-order valence-electron chi connectivity index (χ4n) is 1.76. The molecule has 0 aliphatic heterocycles. The Bertz CT molecular complexity index is 354. The minimum atomic E-state index is -0.601. The van der Waals surface area contributed by atoms with Gasteiger partial charge >= 0.3 is 0 Å². The fraction of sp³-hybridized carbons (Fsp3) is 0.538. The van der Waals surface area contributed by atoms with Crippen LogP contribution in [0.1, 0.15) is 24.9 Å². The zero-order valence-corrected chi connectivity index (χ0v) is 10.6. The van der Waals surface area contributed by atoms with Crippen LogP contribution in [0.2, 0.25) is 0 Å². The maximum atomic E-state index is 13.1. The first-order valence-electron chi connectivity index (χ1n) is 5.88. The van der Waals surface area contributed by atoms with Gasteiger partial charge in [-0.05, 0) is 31.0 Å². The number of halogens is 2. The van der Waals surface area contributed by atoms with Crippen molar-refractivity contribution in [3.05, 3.63) is 35.4 Å². The van der Waals surface area contributed by atoms with E-state index in [1.807, 2.05) is 0 Å². The zero-order valence-electron chi connectivity index (χ0n) is 10.6. The van der Waals surface area contributed by atoms with Crippen LogP contribution < -0.4 is 5.32 Å². The fourth-order valence-corrected chi connectivity index (χ4v) is 1.76. The molecule has 0 fully saturated rings. The first kappa shape index (κ1) is 15.0. The topological polar surface area (TPSA) is 41.5 Å². The number of methoxy groups -OCH3 is 1. The lowest BCUT2D eigenvalue weighted by atomic mass is 10.1. The van der Waals surface area contributed by atoms with Crippen molar-refractivity contribution >= 4 is 0 Å². The Morgan fingerprint density at radius 3 is 2.39 bits per heavy atom. The third kappa shape index (κ3) is 4.68. The largest absolute Gasteiger partial charge is 0.395 e. The van der Waals surface area contributed by atoms with Crippen LogP contribution in [-0.4, -0.2) is 31.5 Å². The molecule has 2 unspecified atom stereocenters. The molecule has 0 aliphatic carbocycles. The third-order valence-electron chi connectivity index (χ3n) is 2.76. The highest BCUT2D eigenvalue weighted by molar-refractivity contribution is 5.21. The second-order valence-corrected chi connectivity index (χ2v) is 4.25. The van der Waals surface area contributed by atoms with Crippen molar-refractivity contribution in [1.82, 2.24) is 5.32 Å². The SMILES string of the molecule is COCCC(CO)NC(C)c1cc(F)cc(F)c1. The molecular formula is C13H19F2NO2. The molecule has 3 nitrogen and oxygen atoms in total. The van der Waals surface area contributed by atoms with Crippen LogP contribution in [0.3, 0.4) is 0 Å². The molecule has 0 aliphatic rings. The molecule has 1 aromatic rings. The van der Waals surface area contributed by atoms with Gasteiger partial charge < -0.3 is 15.2 Å². The van der Waals surface area contributed by atoms with Crippen molar-refractivity contribution in [1.29, 1.82) is 0 Å². The molecular weight excluding hydrogens is 240 g/mol. The second kappa shape index (κ2) is 7.41. The normalized spacial score (nSPS) is 14.5. The Labute approximate surface area is 106 Å². The summed E-state index contributed by atoms with van der Waals surface area (Å²) in [5.74, 6) is -1.20. The Hall–Kier alpha value is -1.04. The molecule has 0 saturated heterocycles. The van der Waals surface area contributed by atoms with Crippen LogP contribution in [0.4, 0.5) is 8.78 Å². The van der Waals surface area contributed by atoms with E-state index in [1.165, 1.54) is 12.1 Å². The van der Waals surface area contributed by atoms with Crippen molar-refractivity contribution in [2.24, 2.45) is 0 Å². The first-order chi connectivity index (χ1) is 8.56. The average molecular weight is 259 g/mol. The van der Waals surface area contributed by atoms with E-state index in [9.17, 15) is 13.9 Å². The third-order valence-corrected chi connectivity index (χ3v) is 2.76. The quantitative estimate of drug-likeness (QED) is 0.787. The van der Waals surface area contributed by atoms with Crippen molar-refractivity contribution in [3.8, 4) is 0 Å². The van der Waals surface area contributed by atoms with Gasteiger partial charge in [0.1, 0.15) is 11.6 Å². The molecule has 2 atom stereocenters. The number of hydrogen-bond donors (Lipinski definition) is 2. The molecule has 1 aromatic carbocycles. The van der Waals surface area contributed by atoms with Crippen molar-refractivity contribution in [3.63, 3.8) is 0 Å². The van der Waals surface area contributed by atoms with Crippen LogP contribution in [0.15, 0.2) is 18.2 Å². The van der Waals surface area contributed by atoms with Gasteiger partial charge in [0.2, 0.25) is 0 Å². The maximum Gasteiger partial charge on any atom is 0.126 e. The van der Waals surface area contributed by atoms with Gasteiger partial charge in [0, 0.05) is 31.9 Å². The van der Waals surface area contributed by atoms with E-state index in [0.717, 1.165) is 6.07 Å². The predicted octanol–water partition coefficient (Wildman–Crippen LogP) is 2.01. The smallest absolute Gasteiger partial charge is 0.126 e. The molecule has 2 N–H and O–H groups in total. The van der Waals surface area contributed by atoms with E-state index in [1.54, 1.807) is 14.0 Å². The van der Waals surface area contributed by atoms with Gasteiger partial charge in [-0.25, -0.2) is 8.78 Å². The molecule has 0 bridgehead atoms. The zero-order chi connectivity index (χ0) is 13.5. The lowest BCUT2D eigenvalue weighted by Crippen LogP contribution is -2.35. The Balaban J connectivity index is 2.65. The first-order valence-corrected chi connectivity index (χ1v) is 5.88. The lowest BCUT2D eigenvalue weighted by Gasteiger charge is -2.22. The molecule has 1 rings (SSSR count). The summed E-state index contributed by atoms with van der Waals surface area (Å²) in [7, 11) is 1.58. The molecule has 0 spiro atoms. The van der Waals surface area contributed by atoms with E-state index in [4.69, 9.17) is 4.74 Å². The number of aliphatic hydroxyl groups is 1. The standard InChI is InChI=1S/C13H19F2NO2/c1-9(16-13(8-17)3-4-18-2)10-5-11(14)7-12(15)6-10/h5-7,9,13,16-17H,3-4,8H2,1-2H3. The van der Waals surface area contributed by atoms with Gasteiger partial charge in [-0.2, -0.15) is 0 Å². The Morgan fingerprint density at radius 1 is 1.28 bits per heavy atom. The summed E-state index contributed by atoms with van der Waals surface area (Å²) >= 11 is 0. The van der Waals surface area contributed by atoms with E-state index in [0.29, 0.717) is 18.6 Å². The number of benzene rings is 1. The molecule has 0 aromatic heterocycles. The summed E-state index contributed by atoms with van der Waals surface area (Å²) in [5, 5.41) is 12.3. The number of hydrogen-bond acceptors (Lipinski definition) is 3. The van der Waals surface area contributed by atoms with E-state index < -0.39 is 11.6 Å². The number of nitrogens with one attached hydrogen (secondary N) is 1. The number of rotatable bonds is 7. The van der Waals surface area contributed by atoms with Gasteiger partial charge in [0.25, 0.3) is 0 Å². The predicted molar refractivity (Wildman–Crippen MR) is 65.3 cm³/mol. The molecule has 0 heterocycles.